The molecule has 2 aromatic rings. The van der Waals surface area contributed by atoms with Gasteiger partial charge in [-0.1, -0.05) is 41.4 Å². The van der Waals surface area contributed by atoms with Crippen LogP contribution in [0.1, 0.15) is 16.7 Å². The molecule has 0 bridgehead atoms. The highest BCUT2D eigenvalue weighted by Gasteiger charge is 2.06. The first kappa shape index (κ1) is 13.6. The van der Waals surface area contributed by atoms with Crippen molar-refractivity contribution in [3.8, 4) is 0 Å². The van der Waals surface area contributed by atoms with Crippen molar-refractivity contribution in [2.24, 2.45) is 0 Å². The summed E-state index contributed by atoms with van der Waals surface area (Å²) in [5.74, 6) is -0.0331. The first-order chi connectivity index (χ1) is 9.04. The molecule has 0 fully saturated rings. The van der Waals surface area contributed by atoms with Crippen LogP contribution in [0.15, 0.2) is 42.5 Å². The van der Waals surface area contributed by atoms with E-state index in [-0.39, 0.29) is 5.91 Å². The summed E-state index contributed by atoms with van der Waals surface area (Å²) in [6, 6.07) is 13.3. The second-order valence-corrected chi connectivity index (χ2v) is 5.10. The minimum Gasteiger partial charge on any atom is -0.326 e. The third-order valence-electron chi connectivity index (χ3n) is 2.96. The van der Waals surface area contributed by atoms with Gasteiger partial charge >= 0.3 is 0 Å². The van der Waals surface area contributed by atoms with Crippen molar-refractivity contribution in [2.75, 3.05) is 5.32 Å². The normalized spacial score (nSPS) is 10.3. The van der Waals surface area contributed by atoms with Crippen LogP contribution in [0.4, 0.5) is 5.69 Å². The lowest BCUT2D eigenvalue weighted by Gasteiger charge is -2.08. The van der Waals surface area contributed by atoms with E-state index in [1.54, 1.807) is 12.1 Å². The Hall–Kier alpha value is -1.80. The number of amides is 1. The summed E-state index contributed by atoms with van der Waals surface area (Å²) < 4.78 is 0. The number of anilines is 1. The lowest BCUT2D eigenvalue weighted by Crippen LogP contribution is -2.15. The fourth-order valence-electron chi connectivity index (χ4n) is 1.99. The maximum Gasteiger partial charge on any atom is 0.228 e. The van der Waals surface area contributed by atoms with Crippen LogP contribution >= 0.6 is 11.6 Å². The van der Waals surface area contributed by atoms with Gasteiger partial charge in [-0.15, -0.1) is 0 Å². The van der Waals surface area contributed by atoms with E-state index < -0.39 is 0 Å². The largest absolute Gasteiger partial charge is 0.326 e. The SMILES string of the molecule is Cc1ccc(CC(=O)Nc2cccc(Cl)c2)c(C)c1. The molecule has 0 saturated heterocycles. The van der Waals surface area contributed by atoms with Crippen LogP contribution in [0.2, 0.25) is 5.02 Å². The number of halogens is 1. The van der Waals surface area contributed by atoms with E-state index >= 15 is 0 Å². The summed E-state index contributed by atoms with van der Waals surface area (Å²) in [5, 5.41) is 3.46. The summed E-state index contributed by atoms with van der Waals surface area (Å²) in [5.41, 5.74) is 4.12. The van der Waals surface area contributed by atoms with E-state index in [1.807, 2.05) is 38.1 Å². The Kier molecular flexibility index (Phi) is 4.23. The highest BCUT2D eigenvalue weighted by molar-refractivity contribution is 6.30. The Labute approximate surface area is 118 Å². The molecule has 0 unspecified atom stereocenters. The van der Waals surface area contributed by atoms with Crippen LogP contribution in [0, 0.1) is 13.8 Å². The summed E-state index contributed by atoms with van der Waals surface area (Å²) in [6.07, 6.45) is 0.374. The minimum absolute atomic E-state index is 0.0331. The zero-order chi connectivity index (χ0) is 13.8. The van der Waals surface area contributed by atoms with Crippen LogP contribution in [0.3, 0.4) is 0 Å². The number of nitrogens with one attached hydrogen (secondary N) is 1. The smallest absolute Gasteiger partial charge is 0.228 e. The Morgan fingerprint density at radius 1 is 1.16 bits per heavy atom. The second kappa shape index (κ2) is 5.89. The first-order valence-corrected chi connectivity index (χ1v) is 6.54. The molecule has 2 nitrogen and oxygen atoms in total. The first-order valence-electron chi connectivity index (χ1n) is 6.16. The number of benzene rings is 2. The van der Waals surface area contributed by atoms with E-state index in [0.717, 1.165) is 16.8 Å². The Bertz CT molecular complexity index is 607. The van der Waals surface area contributed by atoms with Crippen molar-refractivity contribution >= 4 is 23.2 Å². The molecule has 0 aliphatic rings. The zero-order valence-corrected chi connectivity index (χ0v) is 11.8. The molecule has 2 rings (SSSR count). The standard InChI is InChI=1S/C16H16ClNO/c1-11-6-7-13(12(2)8-11)9-16(19)18-15-5-3-4-14(17)10-15/h3-8,10H,9H2,1-2H3,(H,18,19). The van der Waals surface area contributed by atoms with Crippen molar-refractivity contribution in [2.45, 2.75) is 20.3 Å². The van der Waals surface area contributed by atoms with Crippen molar-refractivity contribution in [3.63, 3.8) is 0 Å². The molecule has 19 heavy (non-hydrogen) atoms. The molecule has 0 saturated carbocycles. The lowest BCUT2D eigenvalue weighted by atomic mass is 10.0. The van der Waals surface area contributed by atoms with Crippen LogP contribution in [-0.2, 0) is 11.2 Å². The third kappa shape index (κ3) is 3.83. The van der Waals surface area contributed by atoms with Gasteiger partial charge in [0.1, 0.15) is 0 Å². The summed E-state index contributed by atoms with van der Waals surface area (Å²) >= 11 is 5.88. The Morgan fingerprint density at radius 3 is 2.63 bits per heavy atom. The van der Waals surface area contributed by atoms with E-state index in [1.165, 1.54) is 5.56 Å². The van der Waals surface area contributed by atoms with Crippen molar-refractivity contribution < 1.29 is 4.79 Å². The summed E-state index contributed by atoms with van der Waals surface area (Å²) in [4.78, 5) is 12.0. The fraction of sp³-hybridized carbons (Fsp3) is 0.188. The van der Waals surface area contributed by atoms with E-state index in [9.17, 15) is 4.79 Å². The molecule has 0 aliphatic heterocycles. The fourth-order valence-corrected chi connectivity index (χ4v) is 2.18. The lowest BCUT2D eigenvalue weighted by molar-refractivity contribution is -0.115. The van der Waals surface area contributed by atoms with E-state index in [4.69, 9.17) is 11.6 Å². The molecule has 0 heterocycles. The average Bonchev–Trinajstić information content (AvgIpc) is 2.33. The molecule has 3 heteroatoms. The predicted octanol–water partition coefficient (Wildman–Crippen LogP) is 4.14. The third-order valence-corrected chi connectivity index (χ3v) is 3.19. The molecule has 0 atom stereocenters. The highest BCUT2D eigenvalue weighted by atomic mass is 35.5. The molecule has 1 N–H and O–H groups in total. The van der Waals surface area contributed by atoms with E-state index in [0.29, 0.717) is 11.4 Å². The van der Waals surface area contributed by atoms with Gasteiger partial charge in [0.2, 0.25) is 5.91 Å². The molecule has 0 aromatic heterocycles. The molecule has 0 radical (unpaired) electrons. The van der Waals surface area contributed by atoms with Gasteiger partial charge in [0.25, 0.3) is 0 Å². The number of rotatable bonds is 3. The summed E-state index contributed by atoms with van der Waals surface area (Å²) in [7, 11) is 0. The van der Waals surface area contributed by atoms with Gasteiger partial charge in [0, 0.05) is 10.7 Å². The van der Waals surface area contributed by atoms with Crippen LogP contribution < -0.4 is 5.32 Å². The molecular formula is C16H16ClNO. The van der Waals surface area contributed by atoms with Gasteiger partial charge in [0.05, 0.1) is 6.42 Å². The van der Waals surface area contributed by atoms with Gasteiger partial charge in [0.15, 0.2) is 0 Å². The topological polar surface area (TPSA) is 29.1 Å². The second-order valence-electron chi connectivity index (χ2n) is 4.67. The molecule has 1 amide bonds. The average molecular weight is 274 g/mol. The zero-order valence-electron chi connectivity index (χ0n) is 11.0. The number of carbonyl (C=O) groups excluding carboxylic acids is 1. The number of hydrogen-bond acceptors (Lipinski definition) is 1. The van der Waals surface area contributed by atoms with Gasteiger partial charge in [-0.2, -0.15) is 0 Å². The van der Waals surface area contributed by atoms with Gasteiger partial charge in [-0.05, 0) is 43.2 Å². The maximum absolute atomic E-state index is 12.0. The van der Waals surface area contributed by atoms with E-state index in [2.05, 4.69) is 11.4 Å². The molecule has 2 aromatic carbocycles. The number of aryl methyl sites for hydroxylation is 2. The number of carbonyl (C=O) groups is 1. The Balaban J connectivity index is 2.05. The van der Waals surface area contributed by atoms with Crippen molar-refractivity contribution in [1.82, 2.24) is 0 Å². The summed E-state index contributed by atoms with van der Waals surface area (Å²) in [6.45, 7) is 4.07. The van der Waals surface area contributed by atoms with Gasteiger partial charge in [-0.3, -0.25) is 4.79 Å². The molecule has 0 spiro atoms. The van der Waals surface area contributed by atoms with Crippen molar-refractivity contribution in [1.29, 1.82) is 0 Å². The molecular weight excluding hydrogens is 258 g/mol. The van der Waals surface area contributed by atoms with Crippen molar-refractivity contribution in [3.05, 3.63) is 64.2 Å². The Morgan fingerprint density at radius 2 is 1.95 bits per heavy atom. The number of hydrogen-bond donors (Lipinski definition) is 1. The van der Waals surface area contributed by atoms with Gasteiger partial charge < -0.3 is 5.32 Å². The van der Waals surface area contributed by atoms with Crippen LogP contribution in [-0.4, -0.2) is 5.91 Å². The predicted molar refractivity (Wildman–Crippen MR) is 79.7 cm³/mol. The quantitative estimate of drug-likeness (QED) is 0.895. The minimum atomic E-state index is -0.0331. The monoisotopic (exact) mass is 273 g/mol. The van der Waals surface area contributed by atoms with Crippen LogP contribution in [0.25, 0.3) is 0 Å². The van der Waals surface area contributed by atoms with Gasteiger partial charge in [-0.25, -0.2) is 0 Å². The molecule has 98 valence electrons. The molecule has 0 aliphatic carbocycles. The highest BCUT2D eigenvalue weighted by Crippen LogP contribution is 2.16. The maximum atomic E-state index is 12.0. The van der Waals surface area contributed by atoms with Crippen LogP contribution in [0.5, 0.6) is 0 Å².